The lowest BCUT2D eigenvalue weighted by Gasteiger charge is -2.27. The van der Waals surface area contributed by atoms with Crippen molar-refractivity contribution in [1.29, 1.82) is 0 Å². The normalized spacial score (nSPS) is 23.9. The van der Waals surface area contributed by atoms with Gasteiger partial charge in [-0.3, -0.25) is 0 Å². The third-order valence-corrected chi connectivity index (χ3v) is 4.92. The van der Waals surface area contributed by atoms with Gasteiger partial charge < -0.3 is 10.3 Å². The van der Waals surface area contributed by atoms with Crippen LogP contribution in [0.3, 0.4) is 0 Å². The highest BCUT2D eigenvalue weighted by molar-refractivity contribution is 9.10. The van der Waals surface area contributed by atoms with Crippen molar-refractivity contribution in [2.24, 2.45) is 18.7 Å². The Morgan fingerprint density at radius 1 is 1.32 bits per heavy atom. The molecule has 1 aliphatic rings. The molecule has 0 amide bonds. The van der Waals surface area contributed by atoms with Crippen LogP contribution in [0.2, 0.25) is 0 Å². The van der Waals surface area contributed by atoms with Gasteiger partial charge in [-0.15, -0.1) is 0 Å². The fourth-order valence-electron chi connectivity index (χ4n) is 3.21. The van der Waals surface area contributed by atoms with Gasteiger partial charge in [-0.05, 0) is 56.3 Å². The van der Waals surface area contributed by atoms with Gasteiger partial charge in [0.1, 0.15) is 5.82 Å². The SMILES string of the molecule is Cn1c(C2CCC(CN)CC2)nc2cc(Br)ccc21. The van der Waals surface area contributed by atoms with Crippen LogP contribution in [0, 0.1) is 5.92 Å². The number of rotatable bonds is 2. The predicted octanol–water partition coefficient (Wildman–Crippen LogP) is 3.57. The number of benzene rings is 1. The average Bonchev–Trinajstić information content (AvgIpc) is 2.75. The molecule has 0 spiro atoms. The molecule has 1 aromatic carbocycles. The summed E-state index contributed by atoms with van der Waals surface area (Å²) >= 11 is 3.52. The number of imidazole rings is 1. The van der Waals surface area contributed by atoms with E-state index in [1.165, 1.54) is 37.0 Å². The van der Waals surface area contributed by atoms with Crippen molar-refractivity contribution in [3.05, 3.63) is 28.5 Å². The van der Waals surface area contributed by atoms with Gasteiger partial charge in [-0.1, -0.05) is 15.9 Å². The molecule has 0 radical (unpaired) electrons. The summed E-state index contributed by atoms with van der Waals surface area (Å²) in [5.41, 5.74) is 8.08. The molecule has 3 nitrogen and oxygen atoms in total. The molecule has 0 unspecified atom stereocenters. The highest BCUT2D eigenvalue weighted by atomic mass is 79.9. The van der Waals surface area contributed by atoms with E-state index < -0.39 is 0 Å². The monoisotopic (exact) mass is 321 g/mol. The molecule has 1 fully saturated rings. The van der Waals surface area contributed by atoms with Crippen LogP contribution in [0.1, 0.15) is 37.4 Å². The van der Waals surface area contributed by atoms with E-state index in [1.807, 2.05) is 0 Å². The van der Waals surface area contributed by atoms with Crippen molar-refractivity contribution in [1.82, 2.24) is 9.55 Å². The van der Waals surface area contributed by atoms with Crippen LogP contribution in [0.15, 0.2) is 22.7 Å². The molecule has 3 rings (SSSR count). The molecule has 0 saturated heterocycles. The van der Waals surface area contributed by atoms with Crippen LogP contribution < -0.4 is 5.73 Å². The number of hydrogen-bond donors (Lipinski definition) is 1. The molecular formula is C15H20BrN3. The topological polar surface area (TPSA) is 43.8 Å². The first kappa shape index (κ1) is 13.1. The van der Waals surface area contributed by atoms with E-state index in [0.29, 0.717) is 5.92 Å². The molecule has 0 aliphatic heterocycles. The Morgan fingerprint density at radius 3 is 2.74 bits per heavy atom. The zero-order valence-electron chi connectivity index (χ0n) is 11.3. The van der Waals surface area contributed by atoms with Crippen molar-refractivity contribution in [2.45, 2.75) is 31.6 Å². The molecule has 19 heavy (non-hydrogen) atoms. The van der Waals surface area contributed by atoms with Gasteiger partial charge in [-0.2, -0.15) is 0 Å². The van der Waals surface area contributed by atoms with Crippen molar-refractivity contribution in [2.75, 3.05) is 6.54 Å². The Hall–Kier alpha value is -0.870. The summed E-state index contributed by atoms with van der Waals surface area (Å²) in [5, 5.41) is 0. The lowest BCUT2D eigenvalue weighted by Crippen LogP contribution is -2.21. The minimum Gasteiger partial charge on any atom is -0.331 e. The van der Waals surface area contributed by atoms with Crippen molar-refractivity contribution in [3.8, 4) is 0 Å². The van der Waals surface area contributed by atoms with Crippen molar-refractivity contribution >= 4 is 27.0 Å². The number of hydrogen-bond acceptors (Lipinski definition) is 2. The summed E-state index contributed by atoms with van der Waals surface area (Å²) < 4.78 is 3.35. The van der Waals surface area contributed by atoms with Crippen LogP contribution in [0.5, 0.6) is 0 Å². The van der Waals surface area contributed by atoms with E-state index in [2.05, 4.69) is 45.7 Å². The van der Waals surface area contributed by atoms with Gasteiger partial charge in [0.25, 0.3) is 0 Å². The fourth-order valence-corrected chi connectivity index (χ4v) is 3.56. The van der Waals surface area contributed by atoms with Crippen LogP contribution in [0.4, 0.5) is 0 Å². The van der Waals surface area contributed by atoms with E-state index in [-0.39, 0.29) is 0 Å². The van der Waals surface area contributed by atoms with Gasteiger partial charge >= 0.3 is 0 Å². The van der Waals surface area contributed by atoms with Crippen molar-refractivity contribution in [3.63, 3.8) is 0 Å². The van der Waals surface area contributed by atoms with E-state index in [0.717, 1.165) is 22.5 Å². The van der Waals surface area contributed by atoms with Gasteiger partial charge in [0, 0.05) is 17.4 Å². The maximum absolute atomic E-state index is 5.77. The molecule has 1 heterocycles. The molecule has 4 heteroatoms. The van der Waals surface area contributed by atoms with Crippen LogP contribution in [0.25, 0.3) is 11.0 Å². The minimum absolute atomic E-state index is 0.596. The van der Waals surface area contributed by atoms with Gasteiger partial charge in [0.2, 0.25) is 0 Å². The highest BCUT2D eigenvalue weighted by Gasteiger charge is 2.25. The molecule has 2 aromatic rings. The van der Waals surface area contributed by atoms with Crippen LogP contribution in [-0.4, -0.2) is 16.1 Å². The van der Waals surface area contributed by atoms with E-state index >= 15 is 0 Å². The second kappa shape index (κ2) is 5.25. The number of fused-ring (bicyclic) bond motifs is 1. The second-order valence-electron chi connectivity index (χ2n) is 5.62. The van der Waals surface area contributed by atoms with Gasteiger partial charge in [0.15, 0.2) is 0 Å². The van der Waals surface area contributed by atoms with E-state index in [9.17, 15) is 0 Å². The first-order valence-electron chi connectivity index (χ1n) is 7.01. The largest absolute Gasteiger partial charge is 0.331 e. The molecular weight excluding hydrogens is 302 g/mol. The first-order valence-corrected chi connectivity index (χ1v) is 7.80. The zero-order chi connectivity index (χ0) is 13.4. The summed E-state index contributed by atoms with van der Waals surface area (Å²) in [6.45, 7) is 0.836. The van der Waals surface area contributed by atoms with Gasteiger partial charge in [0.05, 0.1) is 11.0 Å². The average molecular weight is 322 g/mol. The first-order chi connectivity index (χ1) is 9.19. The standard InChI is InChI=1S/C15H20BrN3/c1-19-14-7-6-12(16)8-13(14)18-15(19)11-4-2-10(9-17)3-5-11/h6-8,10-11H,2-5,9,17H2,1H3. The second-order valence-corrected chi connectivity index (χ2v) is 6.53. The summed E-state index contributed by atoms with van der Waals surface area (Å²) in [6, 6.07) is 6.32. The van der Waals surface area contributed by atoms with Gasteiger partial charge in [-0.25, -0.2) is 4.98 Å². The Morgan fingerprint density at radius 2 is 2.05 bits per heavy atom. The molecule has 0 bridgehead atoms. The Kier molecular flexibility index (Phi) is 3.63. The van der Waals surface area contributed by atoms with Crippen LogP contribution in [-0.2, 0) is 7.05 Å². The quantitative estimate of drug-likeness (QED) is 0.918. The lowest BCUT2D eigenvalue weighted by atomic mass is 9.81. The Bertz CT molecular complexity index is 582. The number of nitrogens with zero attached hydrogens (tertiary/aromatic N) is 2. The maximum Gasteiger partial charge on any atom is 0.112 e. The third-order valence-electron chi connectivity index (χ3n) is 4.42. The number of aryl methyl sites for hydroxylation is 1. The molecule has 0 atom stereocenters. The van der Waals surface area contributed by atoms with E-state index in [1.54, 1.807) is 0 Å². The molecule has 1 aliphatic carbocycles. The van der Waals surface area contributed by atoms with E-state index in [4.69, 9.17) is 10.7 Å². The summed E-state index contributed by atoms with van der Waals surface area (Å²) in [4.78, 5) is 4.85. The summed E-state index contributed by atoms with van der Waals surface area (Å²) in [7, 11) is 2.13. The molecule has 1 aromatic heterocycles. The Balaban J connectivity index is 1.91. The highest BCUT2D eigenvalue weighted by Crippen LogP contribution is 2.36. The smallest absolute Gasteiger partial charge is 0.112 e. The zero-order valence-corrected chi connectivity index (χ0v) is 12.9. The number of halogens is 1. The number of aromatic nitrogens is 2. The predicted molar refractivity (Wildman–Crippen MR) is 82.2 cm³/mol. The fraction of sp³-hybridized carbons (Fsp3) is 0.533. The molecule has 2 N–H and O–H groups in total. The number of nitrogens with two attached hydrogens (primary N) is 1. The maximum atomic E-state index is 5.77. The molecule has 1 saturated carbocycles. The minimum atomic E-state index is 0.596. The third kappa shape index (κ3) is 2.43. The van der Waals surface area contributed by atoms with Crippen LogP contribution >= 0.6 is 15.9 Å². The lowest BCUT2D eigenvalue weighted by molar-refractivity contribution is 0.323. The summed E-state index contributed by atoms with van der Waals surface area (Å²) in [5.74, 6) is 2.56. The Labute approximate surface area is 122 Å². The molecule has 102 valence electrons. The summed E-state index contributed by atoms with van der Waals surface area (Å²) in [6.07, 6.45) is 4.93. The van der Waals surface area contributed by atoms with Crippen molar-refractivity contribution < 1.29 is 0 Å².